The normalized spacial score (nSPS) is 13.5. The van der Waals surface area contributed by atoms with Gasteiger partial charge in [0.25, 0.3) is 0 Å². The standard InChI is InChI=1S/C22H21ClFN5O5/c1-2-19(30)34-18(22(32)33)11-29(28-21(31)20-25-12-26-27-20)10-13-3-5-14(6-4-13)16-9-15(23)7-8-17(16)24/h3-9,18H,2,10-12H2,1H3,(H,28,31)(H,32,33)/t18-/m1/s1. The monoisotopic (exact) mass is 489 g/mol. The SMILES string of the molecule is CCC(=O)O[C@H](CN(Cc1ccc(-c2cc(Cl)ccc2F)cc1)NC(=O)C1=NCN=N1)C(=O)O. The highest BCUT2D eigenvalue weighted by molar-refractivity contribution is 6.38. The maximum atomic E-state index is 14.2. The molecule has 0 saturated heterocycles. The summed E-state index contributed by atoms with van der Waals surface area (Å²) >= 11 is 5.97. The van der Waals surface area contributed by atoms with Crippen molar-refractivity contribution >= 4 is 35.3 Å². The zero-order chi connectivity index (χ0) is 24.7. The van der Waals surface area contributed by atoms with Gasteiger partial charge in [-0.3, -0.25) is 15.0 Å². The number of carbonyl (C=O) groups is 3. The van der Waals surface area contributed by atoms with Crippen LogP contribution in [0.2, 0.25) is 5.02 Å². The van der Waals surface area contributed by atoms with Crippen molar-refractivity contribution in [3.05, 3.63) is 58.9 Å². The number of hydrazine groups is 1. The van der Waals surface area contributed by atoms with Gasteiger partial charge in [0.2, 0.25) is 11.9 Å². The lowest BCUT2D eigenvalue weighted by Gasteiger charge is -2.26. The van der Waals surface area contributed by atoms with Gasteiger partial charge in [0.15, 0.2) is 6.67 Å². The average molecular weight is 490 g/mol. The highest BCUT2D eigenvalue weighted by atomic mass is 35.5. The number of hydrogen-bond donors (Lipinski definition) is 2. The van der Waals surface area contributed by atoms with E-state index in [4.69, 9.17) is 16.3 Å². The van der Waals surface area contributed by atoms with Gasteiger partial charge >= 0.3 is 17.8 Å². The van der Waals surface area contributed by atoms with Crippen LogP contribution in [0.4, 0.5) is 4.39 Å². The van der Waals surface area contributed by atoms with Gasteiger partial charge in [-0.05, 0) is 29.3 Å². The maximum Gasteiger partial charge on any atom is 0.346 e. The molecule has 178 valence electrons. The van der Waals surface area contributed by atoms with Crippen LogP contribution in [0.3, 0.4) is 0 Å². The molecule has 2 aromatic carbocycles. The molecule has 0 unspecified atom stereocenters. The lowest BCUT2D eigenvalue weighted by Crippen LogP contribution is -2.50. The topological polar surface area (TPSA) is 133 Å². The number of nitrogens with zero attached hydrogens (tertiary/aromatic N) is 4. The van der Waals surface area contributed by atoms with Gasteiger partial charge in [-0.1, -0.05) is 42.8 Å². The number of amidine groups is 1. The Hall–Kier alpha value is -3.70. The van der Waals surface area contributed by atoms with E-state index in [1.165, 1.54) is 30.1 Å². The number of hydrogen-bond acceptors (Lipinski definition) is 8. The molecular formula is C22H21ClFN5O5. The van der Waals surface area contributed by atoms with E-state index in [0.29, 0.717) is 21.7 Å². The van der Waals surface area contributed by atoms with Crippen molar-refractivity contribution in [3.63, 3.8) is 0 Å². The Labute approximate surface area is 199 Å². The largest absolute Gasteiger partial charge is 0.478 e. The number of amides is 1. The Morgan fingerprint density at radius 3 is 2.59 bits per heavy atom. The van der Waals surface area contributed by atoms with Crippen molar-refractivity contribution in [1.82, 2.24) is 10.4 Å². The molecule has 0 radical (unpaired) electrons. The van der Waals surface area contributed by atoms with Crippen molar-refractivity contribution < 1.29 is 28.6 Å². The van der Waals surface area contributed by atoms with E-state index in [-0.39, 0.29) is 32.0 Å². The Balaban J connectivity index is 1.80. The van der Waals surface area contributed by atoms with E-state index in [9.17, 15) is 23.9 Å². The minimum absolute atomic E-state index is 0.00511. The highest BCUT2D eigenvalue weighted by Crippen LogP contribution is 2.26. The lowest BCUT2D eigenvalue weighted by atomic mass is 10.0. The van der Waals surface area contributed by atoms with Crippen LogP contribution in [0, 0.1) is 5.82 Å². The number of nitrogens with one attached hydrogen (secondary N) is 1. The van der Waals surface area contributed by atoms with Crippen LogP contribution in [0.25, 0.3) is 11.1 Å². The summed E-state index contributed by atoms with van der Waals surface area (Å²) < 4.78 is 19.2. The van der Waals surface area contributed by atoms with E-state index in [1.807, 2.05) is 0 Å². The Morgan fingerprint density at radius 1 is 1.24 bits per heavy atom. The number of rotatable bonds is 10. The molecule has 1 heterocycles. The first-order valence-corrected chi connectivity index (χ1v) is 10.6. The number of carboxylic acids is 1. The molecular weight excluding hydrogens is 469 g/mol. The molecule has 12 heteroatoms. The van der Waals surface area contributed by atoms with Crippen molar-refractivity contribution in [1.29, 1.82) is 0 Å². The molecule has 1 amide bonds. The highest BCUT2D eigenvalue weighted by Gasteiger charge is 2.27. The Kier molecular flexibility index (Phi) is 8.39. The molecule has 0 aromatic heterocycles. The summed E-state index contributed by atoms with van der Waals surface area (Å²) in [6.45, 7) is 1.26. The van der Waals surface area contributed by atoms with E-state index in [2.05, 4.69) is 20.6 Å². The fourth-order valence-corrected chi connectivity index (χ4v) is 3.20. The number of azo groups is 1. The molecule has 0 fully saturated rings. The van der Waals surface area contributed by atoms with E-state index in [1.54, 1.807) is 24.3 Å². The summed E-state index contributed by atoms with van der Waals surface area (Å²) in [4.78, 5) is 39.5. The lowest BCUT2D eigenvalue weighted by molar-refractivity contribution is -0.166. The molecule has 0 spiro atoms. The van der Waals surface area contributed by atoms with Crippen molar-refractivity contribution in [3.8, 4) is 11.1 Å². The quantitative estimate of drug-likeness (QED) is 0.389. The third-order valence-electron chi connectivity index (χ3n) is 4.70. The smallest absolute Gasteiger partial charge is 0.346 e. The molecule has 10 nitrogen and oxygen atoms in total. The Bertz CT molecular complexity index is 1140. The van der Waals surface area contributed by atoms with Crippen LogP contribution in [-0.4, -0.2) is 53.1 Å². The van der Waals surface area contributed by atoms with Gasteiger partial charge in [0.05, 0.1) is 6.54 Å². The summed E-state index contributed by atoms with van der Waals surface area (Å²) in [6.07, 6.45) is -1.53. The summed E-state index contributed by atoms with van der Waals surface area (Å²) in [7, 11) is 0. The second-order valence-corrected chi connectivity index (χ2v) is 7.61. The third-order valence-corrected chi connectivity index (χ3v) is 4.94. The predicted molar refractivity (Wildman–Crippen MR) is 120 cm³/mol. The van der Waals surface area contributed by atoms with Crippen molar-refractivity contribution in [2.24, 2.45) is 15.2 Å². The van der Waals surface area contributed by atoms with Gasteiger partial charge < -0.3 is 9.84 Å². The zero-order valence-electron chi connectivity index (χ0n) is 18.1. The summed E-state index contributed by atoms with van der Waals surface area (Å²) in [5.74, 6) is -3.34. The Morgan fingerprint density at radius 2 is 1.97 bits per heavy atom. The average Bonchev–Trinajstić information content (AvgIpc) is 3.36. The molecule has 2 N–H and O–H groups in total. The molecule has 0 aliphatic carbocycles. The fourth-order valence-electron chi connectivity index (χ4n) is 3.03. The molecule has 0 saturated carbocycles. The molecule has 1 aliphatic rings. The first-order valence-electron chi connectivity index (χ1n) is 10.2. The van der Waals surface area contributed by atoms with E-state index in [0.717, 1.165) is 0 Å². The van der Waals surface area contributed by atoms with Gasteiger partial charge in [0.1, 0.15) is 5.82 Å². The number of ether oxygens (including phenoxy) is 1. The second kappa shape index (κ2) is 11.4. The molecule has 34 heavy (non-hydrogen) atoms. The number of aliphatic imine (C=N–C) groups is 1. The number of carboxylic acid groups (broad SMARTS) is 1. The van der Waals surface area contributed by atoms with Gasteiger partial charge in [-0.2, -0.15) is 5.11 Å². The zero-order valence-corrected chi connectivity index (χ0v) is 18.8. The summed E-state index contributed by atoms with van der Waals surface area (Å²) in [6, 6.07) is 11.0. The first-order chi connectivity index (χ1) is 16.3. The van der Waals surface area contributed by atoms with E-state index >= 15 is 0 Å². The fraction of sp³-hybridized carbons (Fsp3) is 0.273. The number of benzene rings is 2. The van der Waals surface area contributed by atoms with Crippen molar-refractivity contribution in [2.75, 3.05) is 13.2 Å². The van der Waals surface area contributed by atoms with Gasteiger partial charge in [-0.15, -0.1) is 5.11 Å². The minimum atomic E-state index is -1.53. The van der Waals surface area contributed by atoms with Crippen LogP contribution >= 0.6 is 11.6 Å². The molecule has 1 aliphatic heterocycles. The van der Waals surface area contributed by atoms with Gasteiger partial charge in [-0.25, -0.2) is 19.2 Å². The number of aliphatic carboxylic acids is 1. The number of halogens is 2. The van der Waals surface area contributed by atoms with Crippen LogP contribution in [-0.2, 0) is 25.7 Å². The van der Waals surface area contributed by atoms with Crippen LogP contribution < -0.4 is 5.43 Å². The van der Waals surface area contributed by atoms with Crippen LogP contribution in [0.15, 0.2) is 57.7 Å². The van der Waals surface area contributed by atoms with Gasteiger partial charge in [0, 0.05) is 23.6 Å². The molecule has 1 atom stereocenters. The van der Waals surface area contributed by atoms with E-state index < -0.39 is 29.8 Å². The third kappa shape index (κ3) is 6.65. The second-order valence-electron chi connectivity index (χ2n) is 7.18. The van der Waals surface area contributed by atoms with Crippen LogP contribution in [0.5, 0.6) is 0 Å². The van der Waals surface area contributed by atoms with Crippen molar-refractivity contribution in [2.45, 2.75) is 26.0 Å². The number of carbonyl (C=O) groups excluding carboxylic acids is 2. The molecule has 2 aromatic rings. The minimum Gasteiger partial charge on any atom is -0.478 e. The summed E-state index contributed by atoms with van der Waals surface area (Å²) in [5.41, 5.74) is 4.09. The molecule has 0 bridgehead atoms. The van der Waals surface area contributed by atoms with Crippen LogP contribution in [0.1, 0.15) is 18.9 Å². The number of esters is 1. The maximum absolute atomic E-state index is 14.2. The predicted octanol–water partition coefficient (Wildman–Crippen LogP) is 3.21. The summed E-state index contributed by atoms with van der Waals surface area (Å²) in [5, 5.41) is 18.4. The first kappa shape index (κ1) is 24.9. The molecule has 3 rings (SSSR count).